The Morgan fingerprint density at radius 1 is 0.196 bits per heavy atom. The Hall–Kier alpha value is -9.78. The molecule has 0 saturated heterocycles. The summed E-state index contributed by atoms with van der Waals surface area (Å²) >= 11 is 0. The van der Waals surface area contributed by atoms with Crippen molar-refractivity contribution in [2.75, 3.05) is 0 Å². The minimum atomic E-state index is -2.07. The van der Waals surface area contributed by atoms with Gasteiger partial charge in [-0.25, -0.2) is 0 Å². The fourth-order valence-corrected chi connectivity index (χ4v) is 13.4. The predicted octanol–water partition coefficient (Wildman–Crippen LogP) is 20.5. The standard InChI is InChI=1S/6C16H20N/c2*1-11-6-7-13(3)15(10-11)16-9-8-12(2)14(4)17(16)5;2*1-11-9-10-15(17(5)14(11)4)16-12(2)7-6-8-13(16)3;2*1-11-8-6-7-9-15(11)16-13(3)10-12(2)14(4)17(16)5/h6*6-10H,1-5H3/q6*+1/i2D3;;1D3;;2D3;. The van der Waals surface area contributed by atoms with Crippen LogP contribution in [-0.2, 0) is 42.3 Å². The lowest BCUT2D eigenvalue weighted by Crippen LogP contribution is -2.36. The molecule has 0 bridgehead atoms. The second-order valence-corrected chi connectivity index (χ2v) is 28.2. The number of aryl methyl sites for hydroxylation is 18. The molecule has 0 aliphatic carbocycles. The van der Waals surface area contributed by atoms with E-state index in [1.165, 1.54) is 134 Å². The Morgan fingerprint density at radius 3 is 0.814 bits per heavy atom. The summed E-state index contributed by atoms with van der Waals surface area (Å²) < 4.78 is 81.2. The highest BCUT2D eigenvalue weighted by Gasteiger charge is 2.24. The average molecular weight is 1370 g/mol. The van der Waals surface area contributed by atoms with Gasteiger partial charge in [0, 0.05) is 145 Å². The molecule has 102 heavy (non-hydrogen) atoms. The van der Waals surface area contributed by atoms with E-state index in [1.807, 2.05) is 92.9 Å². The molecule has 0 radical (unpaired) electrons. The van der Waals surface area contributed by atoms with Gasteiger partial charge in [-0.3, -0.25) is 0 Å². The SMILES string of the molecule is Cc1ccc(C)c(-c2ccc(C)c(C)[n+]2C)c1.Cc1cccc(C)c1-c1ccc(C)c(C)[n+]1C.Cc1ccccc1-c1c(C)cc(C)c(C)[n+]1C.[2H]C([2H])([2H])c1cc(C)c(-c2ccccc2C)[n+](C)c1C.[2H]C([2H])([2H])c1ccc(-c2c(C)cccc2C)[n+](C)c1C.[2H]C([2H])([2H])c1ccc(-c2cc(C)ccc2C)[n+](C)c1C. The van der Waals surface area contributed by atoms with Crippen molar-refractivity contribution in [3.05, 3.63) is 316 Å². The van der Waals surface area contributed by atoms with E-state index in [2.05, 4.69) is 286 Å². The Morgan fingerprint density at radius 2 is 0.461 bits per heavy atom. The van der Waals surface area contributed by atoms with Crippen LogP contribution >= 0.6 is 0 Å². The first kappa shape index (κ1) is 66.8. The predicted molar refractivity (Wildman–Crippen MR) is 432 cm³/mol. The number of benzene rings is 6. The number of pyridine rings is 6. The molecule has 0 aliphatic heterocycles. The Labute approximate surface area is 628 Å². The van der Waals surface area contributed by atoms with Crippen LogP contribution in [0, 0.1) is 166 Å². The molecule has 12 rings (SSSR count). The van der Waals surface area contributed by atoms with E-state index in [9.17, 15) is 0 Å². The van der Waals surface area contributed by atoms with Gasteiger partial charge in [-0.1, -0.05) is 108 Å². The third kappa shape index (κ3) is 18.3. The van der Waals surface area contributed by atoms with Gasteiger partial charge in [0.1, 0.15) is 42.3 Å². The third-order valence-corrected chi connectivity index (χ3v) is 21.0. The van der Waals surface area contributed by atoms with Crippen LogP contribution in [0.1, 0.15) is 147 Å². The van der Waals surface area contributed by atoms with Gasteiger partial charge in [-0.2, -0.15) is 27.4 Å². The highest BCUT2D eigenvalue weighted by atomic mass is 15.0. The molecule has 12 aromatic rings. The second kappa shape index (κ2) is 34.7. The molecule has 0 amide bonds. The molecule has 6 heteroatoms. The zero-order valence-corrected chi connectivity index (χ0v) is 66.5. The molecule has 0 fully saturated rings. The molecule has 6 aromatic carbocycles. The van der Waals surface area contributed by atoms with Crippen LogP contribution in [0.5, 0.6) is 0 Å². The van der Waals surface area contributed by atoms with Crippen LogP contribution in [0.4, 0.5) is 0 Å². The summed E-state index contributed by atoms with van der Waals surface area (Å²) in [5, 5.41) is 0. The topological polar surface area (TPSA) is 23.3 Å². The van der Waals surface area contributed by atoms with Gasteiger partial charge in [-0.05, 0) is 230 Å². The highest BCUT2D eigenvalue weighted by molar-refractivity contribution is 5.69. The molecule has 6 aromatic heterocycles. The Balaban J connectivity index is 0.000000185. The van der Waals surface area contributed by atoms with Crippen molar-refractivity contribution in [3.63, 3.8) is 0 Å². The molecule has 6 nitrogen and oxygen atoms in total. The van der Waals surface area contributed by atoms with Crippen molar-refractivity contribution in [1.82, 2.24) is 0 Å². The molecule has 6 heterocycles. The second-order valence-electron chi connectivity index (χ2n) is 28.2. The van der Waals surface area contributed by atoms with Crippen molar-refractivity contribution >= 4 is 0 Å². The quantitative estimate of drug-likeness (QED) is 0.148. The third-order valence-electron chi connectivity index (χ3n) is 21.0. The van der Waals surface area contributed by atoms with Crippen molar-refractivity contribution in [2.45, 2.75) is 166 Å². The van der Waals surface area contributed by atoms with Crippen LogP contribution in [-0.4, -0.2) is 0 Å². The van der Waals surface area contributed by atoms with Gasteiger partial charge in [0.05, 0.1) is 11.1 Å². The van der Waals surface area contributed by atoms with Gasteiger partial charge in [0.15, 0.2) is 34.2 Å². The maximum absolute atomic E-state index is 7.64. The van der Waals surface area contributed by atoms with Crippen LogP contribution < -0.4 is 27.4 Å². The normalized spacial score (nSPS) is 12.3. The van der Waals surface area contributed by atoms with Crippen molar-refractivity contribution < 1.29 is 39.7 Å². The van der Waals surface area contributed by atoms with E-state index in [0.29, 0.717) is 16.7 Å². The van der Waals surface area contributed by atoms with Crippen molar-refractivity contribution in [2.24, 2.45) is 42.3 Å². The minimum Gasteiger partial charge on any atom is -0.198 e. The van der Waals surface area contributed by atoms with Gasteiger partial charge in [-0.15, -0.1) is 0 Å². The summed E-state index contributed by atoms with van der Waals surface area (Å²) in [6.07, 6.45) is 0. The number of aromatic nitrogens is 6. The van der Waals surface area contributed by atoms with Crippen LogP contribution in [0.25, 0.3) is 67.5 Å². The summed E-state index contributed by atoms with van der Waals surface area (Å²) in [5.41, 5.74) is 41.1. The van der Waals surface area contributed by atoms with E-state index < -0.39 is 20.6 Å². The van der Waals surface area contributed by atoms with Crippen LogP contribution in [0.3, 0.4) is 0 Å². The number of hydrogen-bond acceptors (Lipinski definition) is 0. The zero-order valence-electron chi connectivity index (χ0n) is 75.5. The first-order valence-electron chi connectivity index (χ1n) is 40.0. The summed E-state index contributed by atoms with van der Waals surface area (Å²) in [5.74, 6) is 0. The molecule has 0 unspecified atom stereocenters. The zero-order chi connectivity index (χ0) is 83.0. The summed E-state index contributed by atoms with van der Waals surface area (Å²) in [6.45, 7) is 37.7. The first-order valence-corrected chi connectivity index (χ1v) is 35.5. The molecule has 0 saturated carbocycles. The molecule has 0 aliphatic rings. The lowest BCUT2D eigenvalue weighted by atomic mass is 9.98. The van der Waals surface area contributed by atoms with Crippen LogP contribution in [0.2, 0.25) is 0 Å². The smallest absolute Gasteiger partial charge is 0.198 e. The van der Waals surface area contributed by atoms with Gasteiger partial charge in [0.25, 0.3) is 0 Å². The van der Waals surface area contributed by atoms with E-state index in [1.54, 1.807) is 18.2 Å². The molecule has 0 spiro atoms. The Kier molecular flexibility index (Phi) is 22.7. The Bertz CT molecular complexity index is 5360. The lowest BCUT2D eigenvalue weighted by Gasteiger charge is -2.10. The van der Waals surface area contributed by atoms with E-state index in [0.717, 1.165) is 50.9 Å². The van der Waals surface area contributed by atoms with E-state index in [-0.39, 0.29) is 0 Å². The molecular weight excluding hydrogens is 1240 g/mol. The summed E-state index contributed by atoms with van der Waals surface area (Å²) in [4.78, 5) is 0. The van der Waals surface area contributed by atoms with Gasteiger partial charge in [0.2, 0.25) is 34.2 Å². The summed E-state index contributed by atoms with van der Waals surface area (Å²) in [6, 6.07) is 62.5. The largest absolute Gasteiger partial charge is 0.215 e. The first-order chi connectivity index (χ1) is 51.7. The van der Waals surface area contributed by atoms with Crippen molar-refractivity contribution in [3.8, 4) is 67.5 Å². The molecule has 0 atom stereocenters. The monoisotopic (exact) mass is 1370 g/mol. The van der Waals surface area contributed by atoms with Gasteiger partial charge >= 0.3 is 0 Å². The minimum absolute atomic E-state index is 0.411. The van der Waals surface area contributed by atoms with Crippen LogP contribution in [0.15, 0.2) is 182 Å². The van der Waals surface area contributed by atoms with E-state index >= 15 is 0 Å². The number of hydrogen-bond donors (Lipinski definition) is 0. The molecule has 0 N–H and O–H groups in total. The van der Waals surface area contributed by atoms with Gasteiger partial charge < -0.3 is 0 Å². The fourth-order valence-electron chi connectivity index (χ4n) is 13.4. The average Bonchev–Trinajstić information content (AvgIpc) is 0.747. The molecule has 528 valence electrons. The van der Waals surface area contributed by atoms with E-state index in [4.69, 9.17) is 12.3 Å². The lowest BCUT2D eigenvalue weighted by molar-refractivity contribution is -0.667. The molecular formula is C96H120N6+6. The maximum Gasteiger partial charge on any atom is 0.215 e. The fraction of sp³-hybridized carbons (Fsp3) is 0.312. The maximum atomic E-state index is 7.64. The number of rotatable bonds is 6. The number of nitrogens with zero attached hydrogens (tertiary/aromatic N) is 6. The summed E-state index contributed by atoms with van der Waals surface area (Å²) in [7, 11) is 12.2. The van der Waals surface area contributed by atoms with Crippen molar-refractivity contribution in [1.29, 1.82) is 0 Å². The highest BCUT2D eigenvalue weighted by Crippen LogP contribution is 2.30.